The van der Waals surface area contributed by atoms with E-state index in [0.717, 1.165) is 56.1 Å². The number of hydrogen-bond acceptors (Lipinski definition) is 5. The zero-order valence-electron chi connectivity index (χ0n) is 15.0. The van der Waals surface area contributed by atoms with Gasteiger partial charge in [-0.05, 0) is 19.1 Å². The monoisotopic (exact) mass is 345 g/mol. The summed E-state index contributed by atoms with van der Waals surface area (Å²) in [6.45, 7) is 7.90. The molecule has 1 aromatic carbocycles. The molecule has 0 radical (unpaired) electrons. The van der Waals surface area contributed by atoms with Crippen molar-refractivity contribution >= 4 is 16.9 Å². The van der Waals surface area contributed by atoms with Crippen LogP contribution in [0, 0.1) is 0 Å². The van der Waals surface area contributed by atoms with Gasteiger partial charge in [-0.2, -0.15) is 0 Å². The highest BCUT2D eigenvalue weighted by Gasteiger charge is 2.20. The number of amides is 1. The Hall–Kier alpha value is -1.89. The molecule has 6 heteroatoms. The molecule has 0 saturated carbocycles. The van der Waals surface area contributed by atoms with Crippen LogP contribution in [0.4, 0.5) is 0 Å². The zero-order chi connectivity index (χ0) is 17.6. The first-order valence-corrected chi connectivity index (χ1v) is 8.87. The Morgan fingerprint density at radius 3 is 2.68 bits per heavy atom. The molecule has 1 atom stereocenters. The Kier molecular flexibility index (Phi) is 6.07. The summed E-state index contributed by atoms with van der Waals surface area (Å²) in [6, 6.07) is 9.75. The van der Waals surface area contributed by atoms with Crippen molar-refractivity contribution in [3.8, 4) is 0 Å². The molecule has 1 aliphatic heterocycles. The standard InChI is InChI=1S/C19H27N3O3/c1-15(18-13-16-5-3-4-6-17(16)25-18)20-19(23)14-22-9-7-21(8-10-22)11-12-24-2/h3-6,13,15H,7-12,14H2,1-2H3,(H,20,23)/t15-/m0/s1. The molecular formula is C19H27N3O3. The van der Waals surface area contributed by atoms with Crippen molar-refractivity contribution in [1.29, 1.82) is 0 Å². The molecule has 1 N–H and O–H groups in total. The van der Waals surface area contributed by atoms with Gasteiger partial charge in [0.1, 0.15) is 11.3 Å². The van der Waals surface area contributed by atoms with Crippen molar-refractivity contribution in [2.45, 2.75) is 13.0 Å². The van der Waals surface area contributed by atoms with Gasteiger partial charge in [0.25, 0.3) is 0 Å². The third kappa shape index (κ3) is 4.81. The molecule has 1 fully saturated rings. The van der Waals surface area contributed by atoms with E-state index in [9.17, 15) is 4.79 Å². The van der Waals surface area contributed by atoms with Crippen LogP contribution < -0.4 is 5.32 Å². The van der Waals surface area contributed by atoms with Crippen LogP contribution in [0.3, 0.4) is 0 Å². The van der Waals surface area contributed by atoms with E-state index in [1.807, 2.05) is 37.3 Å². The summed E-state index contributed by atoms with van der Waals surface area (Å²) in [6.07, 6.45) is 0. The highest BCUT2D eigenvalue weighted by atomic mass is 16.5. The number of para-hydroxylation sites is 1. The minimum absolute atomic E-state index is 0.0401. The van der Waals surface area contributed by atoms with E-state index >= 15 is 0 Å². The number of carbonyl (C=O) groups is 1. The Morgan fingerprint density at radius 1 is 1.24 bits per heavy atom. The summed E-state index contributed by atoms with van der Waals surface area (Å²) in [7, 11) is 1.73. The molecule has 1 aliphatic rings. The number of carbonyl (C=O) groups excluding carboxylic acids is 1. The van der Waals surface area contributed by atoms with Gasteiger partial charge in [0.2, 0.25) is 5.91 Å². The predicted octanol–water partition coefficient (Wildman–Crippen LogP) is 1.87. The van der Waals surface area contributed by atoms with Gasteiger partial charge in [-0.3, -0.25) is 14.6 Å². The molecule has 0 aliphatic carbocycles. The molecule has 1 saturated heterocycles. The Morgan fingerprint density at radius 2 is 1.96 bits per heavy atom. The molecule has 0 spiro atoms. The van der Waals surface area contributed by atoms with Crippen LogP contribution in [-0.2, 0) is 9.53 Å². The molecule has 0 bridgehead atoms. The van der Waals surface area contributed by atoms with Gasteiger partial charge in [0.15, 0.2) is 0 Å². The number of rotatable bonds is 7. The van der Waals surface area contributed by atoms with Crippen LogP contribution in [0.2, 0.25) is 0 Å². The fraction of sp³-hybridized carbons (Fsp3) is 0.526. The molecule has 3 rings (SSSR count). The summed E-state index contributed by atoms with van der Waals surface area (Å²) in [4.78, 5) is 16.9. The number of piperazine rings is 1. The van der Waals surface area contributed by atoms with E-state index < -0.39 is 0 Å². The summed E-state index contributed by atoms with van der Waals surface area (Å²) >= 11 is 0. The predicted molar refractivity (Wildman–Crippen MR) is 97.5 cm³/mol. The average molecular weight is 345 g/mol. The van der Waals surface area contributed by atoms with Crippen molar-refractivity contribution in [1.82, 2.24) is 15.1 Å². The number of fused-ring (bicyclic) bond motifs is 1. The molecule has 2 aromatic rings. The number of furan rings is 1. The number of methoxy groups -OCH3 is 1. The van der Waals surface area contributed by atoms with Crippen LogP contribution in [0.5, 0.6) is 0 Å². The van der Waals surface area contributed by atoms with Crippen molar-refractivity contribution in [2.24, 2.45) is 0 Å². The van der Waals surface area contributed by atoms with Crippen LogP contribution in [-0.4, -0.2) is 68.7 Å². The van der Waals surface area contributed by atoms with Gasteiger partial charge in [0, 0.05) is 45.2 Å². The smallest absolute Gasteiger partial charge is 0.234 e. The lowest BCUT2D eigenvalue weighted by Gasteiger charge is -2.34. The van der Waals surface area contributed by atoms with Crippen LogP contribution in [0.25, 0.3) is 11.0 Å². The van der Waals surface area contributed by atoms with E-state index in [0.29, 0.717) is 6.54 Å². The lowest BCUT2D eigenvalue weighted by Crippen LogP contribution is -2.50. The van der Waals surface area contributed by atoms with E-state index in [1.54, 1.807) is 7.11 Å². The second kappa shape index (κ2) is 8.47. The normalized spacial score (nSPS) is 17.7. The van der Waals surface area contributed by atoms with Crippen LogP contribution in [0.1, 0.15) is 18.7 Å². The minimum atomic E-state index is -0.136. The highest BCUT2D eigenvalue weighted by Crippen LogP contribution is 2.23. The SMILES string of the molecule is COCCN1CCN(CC(=O)N[C@@H](C)c2cc3ccccc3o2)CC1. The third-order valence-corrected chi connectivity index (χ3v) is 4.69. The van der Waals surface area contributed by atoms with Gasteiger partial charge < -0.3 is 14.5 Å². The number of benzene rings is 1. The van der Waals surface area contributed by atoms with Gasteiger partial charge >= 0.3 is 0 Å². The summed E-state index contributed by atoms with van der Waals surface area (Å²) < 4.78 is 10.9. The molecule has 1 amide bonds. The van der Waals surface area contributed by atoms with Gasteiger partial charge in [-0.25, -0.2) is 0 Å². The molecule has 25 heavy (non-hydrogen) atoms. The number of nitrogens with zero attached hydrogens (tertiary/aromatic N) is 2. The molecular weight excluding hydrogens is 318 g/mol. The Bertz CT molecular complexity index is 659. The first-order valence-electron chi connectivity index (χ1n) is 8.87. The molecule has 2 heterocycles. The van der Waals surface area contributed by atoms with Crippen LogP contribution >= 0.6 is 0 Å². The van der Waals surface area contributed by atoms with E-state index in [4.69, 9.17) is 9.15 Å². The van der Waals surface area contributed by atoms with E-state index in [2.05, 4.69) is 15.1 Å². The minimum Gasteiger partial charge on any atom is -0.459 e. The van der Waals surface area contributed by atoms with Gasteiger partial charge in [-0.1, -0.05) is 18.2 Å². The number of hydrogen-bond donors (Lipinski definition) is 1. The average Bonchev–Trinajstić information content (AvgIpc) is 3.05. The fourth-order valence-corrected chi connectivity index (χ4v) is 3.17. The summed E-state index contributed by atoms with van der Waals surface area (Å²) in [5.74, 6) is 0.831. The second-order valence-electron chi connectivity index (χ2n) is 6.59. The van der Waals surface area contributed by atoms with Gasteiger partial charge in [0.05, 0.1) is 19.2 Å². The topological polar surface area (TPSA) is 58.0 Å². The highest BCUT2D eigenvalue weighted by molar-refractivity contribution is 5.80. The molecule has 0 unspecified atom stereocenters. The molecule has 136 valence electrons. The number of ether oxygens (including phenoxy) is 1. The maximum Gasteiger partial charge on any atom is 0.234 e. The maximum absolute atomic E-state index is 12.3. The van der Waals surface area contributed by atoms with Gasteiger partial charge in [-0.15, -0.1) is 0 Å². The van der Waals surface area contributed by atoms with Crippen LogP contribution in [0.15, 0.2) is 34.7 Å². The lowest BCUT2D eigenvalue weighted by atomic mass is 10.2. The van der Waals surface area contributed by atoms with Crippen molar-refractivity contribution in [3.05, 3.63) is 36.1 Å². The Balaban J connectivity index is 1.46. The van der Waals surface area contributed by atoms with Crippen molar-refractivity contribution < 1.29 is 13.9 Å². The quantitative estimate of drug-likeness (QED) is 0.830. The number of nitrogens with one attached hydrogen (secondary N) is 1. The maximum atomic E-state index is 12.3. The third-order valence-electron chi connectivity index (χ3n) is 4.69. The summed E-state index contributed by atoms with van der Waals surface area (Å²) in [5.41, 5.74) is 0.853. The van der Waals surface area contributed by atoms with E-state index in [1.165, 1.54) is 0 Å². The van der Waals surface area contributed by atoms with Crippen molar-refractivity contribution in [2.75, 3.05) is 53.0 Å². The fourth-order valence-electron chi connectivity index (χ4n) is 3.17. The first kappa shape index (κ1) is 17.9. The Labute approximate surface area is 148 Å². The first-order chi connectivity index (χ1) is 12.2. The second-order valence-corrected chi connectivity index (χ2v) is 6.59. The largest absolute Gasteiger partial charge is 0.459 e. The lowest BCUT2D eigenvalue weighted by molar-refractivity contribution is -0.123. The molecule has 6 nitrogen and oxygen atoms in total. The summed E-state index contributed by atoms with van der Waals surface area (Å²) in [5, 5.41) is 4.10. The van der Waals surface area contributed by atoms with Crippen molar-refractivity contribution in [3.63, 3.8) is 0 Å². The van der Waals surface area contributed by atoms with E-state index in [-0.39, 0.29) is 11.9 Å². The zero-order valence-corrected chi connectivity index (χ0v) is 15.0. The molecule has 1 aromatic heterocycles.